The molecule has 7 nitrogen and oxygen atoms in total. The monoisotopic (exact) mass is 692 g/mol. The van der Waals surface area contributed by atoms with Crippen LogP contribution in [0, 0.1) is 13.0 Å². The first kappa shape index (κ1) is 26.5. The second-order valence-electron chi connectivity index (χ2n) is 9.36. The molecule has 0 spiro atoms. The van der Waals surface area contributed by atoms with Crippen molar-refractivity contribution in [1.82, 2.24) is 0 Å². The van der Waals surface area contributed by atoms with E-state index in [0.717, 1.165) is 24.3 Å². The minimum Gasteiger partial charge on any atom is -0.456 e. The number of fused-ring (bicyclic) bond motifs is 4. The molecule has 1 radical (unpaired) electrons. The Bertz CT molecular complexity index is 2280. The Hall–Kier alpha value is -4.39. The lowest BCUT2D eigenvalue weighted by Crippen LogP contribution is -3.85. The Labute approximate surface area is 244 Å². The molecule has 0 aliphatic rings. The number of benzene rings is 5. The summed E-state index contributed by atoms with van der Waals surface area (Å²) in [5.74, 6) is -0.591. The quantitative estimate of drug-likeness (QED) is 0.202. The Morgan fingerprint density at radius 1 is 0.571 bits per heavy atom. The third-order valence-corrected chi connectivity index (χ3v) is 14.0. The molecule has 0 fully saturated rings. The van der Waals surface area contributed by atoms with Gasteiger partial charge in [-0.05, 0) is 75.3 Å². The molecule has 0 aliphatic carbocycles. The van der Waals surface area contributed by atoms with Crippen LogP contribution in [-0.2, 0) is 12.6 Å². The molecule has 7 rings (SSSR count). The Kier molecular flexibility index (Phi) is 6.41. The van der Waals surface area contributed by atoms with E-state index in [1.807, 2.05) is 0 Å². The first-order valence-electron chi connectivity index (χ1n) is 12.6. The highest BCUT2D eigenvalue weighted by molar-refractivity contribution is 7.86. The molecule has 0 N–H and O–H groups in total. The van der Waals surface area contributed by atoms with E-state index >= 15 is 0 Å². The van der Waals surface area contributed by atoms with Crippen molar-refractivity contribution >= 4 is 54.0 Å². The molecule has 42 heavy (non-hydrogen) atoms. The van der Waals surface area contributed by atoms with Crippen LogP contribution >= 0.6 is 0 Å². The lowest BCUT2D eigenvalue weighted by Gasteiger charge is -2.08. The number of para-hydroxylation sites is 2. The highest BCUT2D eigenvalue weighted by atomic mass is 127. The van der Waals surface area contributed by atoms with Gasteiger partial charge in [0.1, 0.15) is 28.1 Å². The van der Waals surface area contributed by atoms with Gasteiger partial charge in [0, 0.05) is 12.1 Å². The minimum atomic E-state index is -4.37. The Balaban J connectivity index is 1.44. The summed E-state index contributed by atoms with van der Waals surface area (Å²) in [6.45, 7) is 0. The van der Waals surface area contributed by atoms with Crippen LogP contribution < -0.4 is 31.1 Å². The topological polar surface area (TPSA) is 104 Å². The van der Waals surface area contributed by atoms with Gasteiger partial charge in [-0.3, -0.25) is 9.59 Å². The molecule has 7 aromatic rings. The maximum absolute atomic E-state index is 13.6. The van der Waals surface area contributed by atoms with Crippen molar-refractivity contribution in [2.45, 2.75) is 4.90 Å². The van der Waals surface area contributed by atoms with Crippen molar-refractivity contribution in [2.24, 2.45) is 0 Å². The summed E-state index contributed by atoms with van der Waals surface area (Å²) in [4.78, 5) is 26.6. The van der Waals surface area contributed by atoms with E-state index < -0.39 is 36.2 Å². The van der Waals surface area contributed by atoms with Crippen LogP contribution in [0.5, 0.6) is 0 Å². The van der Waals surface area contributed by atoms with E-state index in [1.54, 1.807) is 84.9 Å². The van der Waals surface area contributed by atoms with Crippen molar-refractivity contribution in [2.75, 3.05) is 0 Å². The van der Waals surface area contributed by atoms with Crippen LogP contribution in [0.15, 0.2) is 133 Å². The fourth-order valence-electron chi connectivity index (χ4n) is 4.68. The summed E-state index contributed by atoms with van der Waals surface area (Å²) >= 11 is -3.42. The molecule has 0 amide bonds. The maximum atomic E-state index is 13.6. The fourth-order valence-corrected chi connectivity index (χ4v) is 11.7. The summed E-state index contributed by atoms with van der Waals surface area (Å²) in [5.41, 5.74) is 1.01. The van der Waals surface area contributed by atoms with Gasteiger partial charge in [-0.1, -0.05) is 24.3 Å². The molecule has 0 unspecified atom stereocenters. The molecule has 0 saturated heterocycles. The third-order valence-electron chi connectivity index (χ3n) is 6.72. The molecule has 5 aromatic carbocycles. The molecule has 10 heteroatoms. The average molecular weight is 692 g/mol. The van der Waals surface area contributed by atoms with E-state index in [-0.39, 0.29) is 26.5 Å². The molecule has 207 valence electrons. The molecule has 0 bridgehead atoms. The van der Waals surface area contributed by atoms with E-state index in [2.05, 4.69) is 0 Å². The van der Waals surface area contributed by atoms with Crippen LogP contribution in [0.1, 0.15) is 0 Å². The van der Waals surface area contributed by atoms with Crippen molar-refractivity contribution in [3.8, 4) is 0 Å². The summed E-state index contributed by atoms with van der Waals surface area (Å²) in [6.07, 6.45) is 0. The van der Waals surface area contributed by atoms with Gasteiger partial charge in [-0.15, -0.1) is 0 Å². The van der Waals surface area contributed by atoms with Crippen molar-refractivity contribution in [3.63, 3.8) is 0 Å². The summed E-state index contributed by atoms with van der Waals surface area (Å²) < 4.78 is 59.2. The summed E-state index contributed by atoms with van der Waals surface area (Å²) in [7, 11) is -4.37. The third kappa shape index (κ3) is 4.57. The first-order valence-corrected chi connectivity index (χ1v) is 17.0. The molecular weight excluding hydrogens is 674 g/mol. The van der Waals surface area contributed by atoms with E-state index in [0.29, 0.717) is 40.2 Å². The molecule has 2 heterocycles. The zero-order valence-corrected chi connectivity index (χ0v) is 24.4. The van der Waals surface area contributed by atoms with Crippen LogP contribution in [0.4, 0.5) is 4.39 Å². The summed E-state index contributed by atoms with van der Waals surface area (Å²) in [6, 6.07) is 27.8. The van der Waals surface area contributed by atoms with Gasteiger partial charge < -0.3 is 8.83 Å². The van der Waals surface area contributed by atoms with Crippen LogP contribution in [0.25, 0.3) is 43.9 Å². The highest BCUT2D eigenvalue weighted by Crippen LogP contribution is 2.20. The number of halogens is 2. The van der Waals surface area contributed by atoms with E-state index in [1.165, 1.54) is 0 Å². The van der Waals surface area contributed by atoms with Gasteiger partial charge >= 0.3 is 30.4 Å². The Morgan fingerprint density at radius 2 is 1.02 bits per heavy atom. The van der Waals surface area contributed by atoms with Crippen molar-refractivity contribution in [3.05, 3.63) is 143 Å². The van der Waals surface area contributed by atoms with E-state index in [9.17, 15) is 22.4 Å². The SMILES string of the molecule is O=c1c2ccccc2oc2ccc([I+](OS(=O)(=O)c3ccc(F)cc3)c3ccc4oc5ccccc5c(=O)c4c3)cc12. The van der Waals surface area contributed by atoms with Crippen LogP contribution in [-0.4, -0.2) is 8.42 Å². The smallest absolute Gasteiger partial charge is 0.336 e. The fraction of sp³-hybridized carbons (Fsp3) is 0. The molecule has 0 saturated carbocycles. The molecule has 2 aromatic heterocycles. The maximum Gasteiger partial charge on any atom is 0.336 e. The average Bonchev–Trinajstić information content (AvgIpc) is 3.00. The predicted molar refractivity (Wildman–Crippen MR) is 152 cm³/mol. The zero-order valence-electron chi connectivity index (χ0n) is 21.4. The van der Waals surface area contributed by atoms with Gasteiger partial charge in [-0.25, -0.2) is 4.39 Å². The molecule has 0 atom stereocenters. The first-order chi connectivity index (χ1) is 20.3. The van der Waals surface area contributed by atoms with Gasteiger partial charge in [0.25, 0.3) is 0 Å². The van der Waals surface area contributed by atoms with Gasteiger partial charge in [0.15, 0.2) is 7.14 Å². The van der Waals surface area contributed by atoms with Gasteiger partial charge in [-0.2, -0.15) is 8.42 Å². The summed E-state index contributed by atoms with van der Waals surface area (Å²) in [5, 5.41) is 1.31. The molecular formula is C32H18FIO7S+. The van der Waals surface area contributed by atoms with Gasteiger partial charge in [0.05, 0.1) is 26.4 Å². The van der Waals surface area contributed by atoms with Crippen LogP contribution in [0.2, 0.25) is 0 Å². The number of rotatable bonds is 5. The van der Waals surface area contributed by atoms with E-state index in [4.69, 9.17) is 11.3 Å². The van der Waals surface area contributed by atoms with Crippen molar-refractivity contribution in [1.29, 1.82) is 0 Å². The second-order valence-corrected chi connectivity index (χ2v) is 15.9. The molecule has 0 aliphatic heterocycles. The Morgan fingerprint density at radius 3 is 1.52 bits per heavy atom. The van der Waals surface area contributed by atoms with Crippen molar-refractivity contribution < 1.29 is 44.4 Å². The minimum absolute atomic E-state index is 0.219. The normalized spacial score (nSPS) is 12.1. The van der Waals surface area contributed by atoms with Gasteiger partial charge in [0.2, 0.25) is 10.9 Å². The predicted octanol–water partition coefficient (Wildman–Crippen LogP) is 3.33. The second kappa shape index (κ2) is 10.2. The van der Waals surface area contributed by atoms with Crippen LogP contribution in [0.3, 0.4) is 0 Å². The highest BCUT2D eigenvalue weighted by Gasteiger charge is 2.39. The lowest BCUT2D eigenvalue weighted by atomic mass is 10.1. The standard InChI is InChI=1S/C32H18FIO7S/c33-19-9-13-22(14-10-19)42(37,38)41-34(20-11-15-29-25(17-20)31(35)23-5-1-3-7-27(23)39-29)21-12-16-30-26(18-21)32(36)24-6-2-4-8-28(24)40-30/h1-18H/q+1. The number of hydrogen-bond donors (Lipinski definition) is 0. The zero-order chi connectivity index (χ0) is 29.0. The number of hydrogen-bond acceptors (Lipinski definition) is 7. The largest absolute Gasteiger partial charge is 0.456 e. The lowest BCUT2D eigenvalue weighted by molar-refractivity contribution is -1.03.